The molecule has 20 heavy (non-hydrogen) atoms. The zero-order chi connectivity index (χ0) is 13.5. The highest BCUT2D eigenvalue weighted by Crippen LogP contribution is 2.40. The fourth-order valence-corrected chi connectivity index (χ4v) is 3.58. The van der Waals surface area contributed by atoms with Crippen molar-refractivity contribution in [1.29, 1.82) is 5.26 Å². The van der Waals surface area contributed by atoms with Gasteiger partial charge in [-0.15, -0.1) is 0 Å². The predicted molar refractivity (Wildman–Crippen MR) is 78.4 cm³/mol. The van der Waals surface area contributed by atoms with Crippen molar-refractivity contribution in [1.82, 2.24) is 9.55 Å². The summed E-state index contributed by atoms with van der Waals surface area (Å²) in [6, 6.07) is 8.81. The maximum Gasteiger partial charge on any atom is 0.110 e. The quantitative estimate of drug-likeness (QED) is 0.842. The molecule has 2 saturated carbocycles. The van der Waals surface area contributed by atoms with Crippen LogP contribution in [0.25, 0.3) is 11.0 Å². The SMILES string of the molecule is N#Cc1ccc2c(c1)nc(CC1CCCC1)n2C1CC1. The molecule has 1 aromatic carbocycles. The fraction of sp³-hybridized carbons (Fsp3) is 0.529. The smallest absolute Gasteiger partial charge is 0.110 e. The Labute approximate surface area is 119 Å². The van der Waals surface area contributed by atoms with E-state index in [1.54, 1.807) is 0 Å². The summed E-state index contributed by atoms with van der Waals surface area (Å²) in [6.45, 7) is 0. The highest BCUT2D eigenvalue weighted by Gasteiger charge is 2.29. The van der Waals surface area contributed by atoms with E-state index >= 15 is 0 Å². The Bertz CT molecular complexity index is 682. The van der Waals surface area contributed by atoms with Crippen molar-refractivity contribution in [3.8, 4) is 6.07 Å². The molecule has 3 heteroatoms. The first-order valence-corrected chi connectivity index (χ1v) is 7.76. The third-order valence-electron chi connectivity index (χ3n) is 4.75. The van der Waals surface area contributed by atoms with E-state index in [-0.39, 0.29) is 0 Å². The van der Waals surface area contributed by atoms with Crippen molar-refractivity contribution in [2.45, 2.75) is 51.0 Å². The summed E-state index contributed by atoms with van der Waals surface area (Å²) < 4.78 is 2.45. The molecule has 3 nitrogen and oxygen atoms in total. The second-order valence-electron chi connectivity index (χ2n) is 6.30. The molecule has 0 radical (unpaired) electrons. The number of hydrogen-bond donors (Lipinski definition) is 0. The standard InChI is InChI=1S/C17H19N3/c18-11-13-5-8-16-15(9-13)19-17(20(16)14-6-7-14)10-12-3-1-2-4-12/h5,8-9,12,14H,1-4,6-7,10H2. The minimum Gasteiger partial charge on any atom is -0.325 e. The van der Waals surface area contributed by atoms with Gasteiger partial charge in [-0.2, -0.15) is 5.26 Å². The number of rotatable bonds is 3. The molecule has 1 aromatic heterocycles. The highest BCUT2D eigenvalue weighted by atomic mass is 15.1. The average molecular weight is 265 g/mol. The molecule has 0 saturated heterocycles. The fourth-order valence-electron chi connectivity index (χ4n) is 3.58. The summed E-state index contributed by atoms with van der Waals surface area (Å²) >= 11 is 0. The van der Waals surface area contributed by atoms with E-state index in [1.807, 2.05) is 12.1 Å². The maximum absolute atomic E-state index is 9.04. The van der Waals surface area contributed by atoms with Gasteiger partial charge in [0.1, 0.15) is 5.82 Å². The van der Waals surface area contributed by atoms with Crippen molar-refractivity contribution in [2.24, 2.45) is 5.92 Å². The molecule has 4 rings (SSSR count). The molecular weight excluding hydrogens is 246 g/mol. The molecule has 0 spiro atoms. The molecular formula is C17H19N3. The van der Waals surface area contributed by atoms with Crippen LogP contribution >= 0.6 is 0 Å². The largest absolute Gasteiger partial charge is 0.325 e. The first-order valence-electron chi connectivity index (χ1n) is 7.76. The third-order valence-corrected chi connectivity index (χ3v) is 4.75. The number of nitrogens with zero attached hydrogens (tertiary/aromatic N) is 3. The van der Waals surface area contributed by atoms with Crippen LogP contribution in [0.5, 0.6) is 0 Å². The lowest BCUT2D eigenvalue weighted by atomic mass is 10.0. The van der Waals surface area contributed by atoms with Crippen molar-refractivity contribution < 1.29 is 0 Å². The number of hydrogen-bond acceptors (Lipinski definition) is 2. The maximum atomic E-state index is 9.04. The van der Waals surface area contributed by atoms with Gasteiger partial charge in [-0.05, 0) is 37.0 Å². The molecule has 2 fully saturated rings. The van der Waals surface area contributed by atoms with Gasteiger partial charge < -0.3 is 4.57 Å². The molecule has 0 bridgehead atoms. The van der Waals surface area contributed by atoms with Crippen LogP contribution in [-0.4, -0.2) is 9.55 Å². The van der Waals surface area contributed by atoms with E-state index in [0.717, 1.165) is 17.9 Å². The van der Waals surface area contributed by atoms with Crippen LogP contribution in [-0.2, 0) is 6.42 Å². The monoisotopic (exact) mass is 265 g/mol. The van der Waals surface area contributed by atoms with Crippen LogP contribution in [0, 0.1) is 17.2 Å². The van der Waals surface area contributed by atoms with Gasteiger partial charge in [0, 0.05) is 12.5 Å². The first-order chi connectivity index (χ1) is 9.85. The van der Waals surface area contributed by atoms with Crippen LogP contribution in [0.1, 0.15) is 56.0 Å². The number of fused-ring (bicyclic) bond motifs is 1. The Balaban J connectivity index is 1.77. The van der Waals surface area contributed by atoms with Gasteiger partial charge >= 0.3 is 0 Å². The van der Waals surface area contributed by atoms with E-state index < -0.39 is 0 Å². The highest BCUT2D eigenvalue weighted by molar-refractivity contribution is 5.78. The Morgan fingerprint density at radius 1 is 1.20 bits per heavy atom. The van der Waals surface area contributed by atoms with Gasteiger partial charge in [-0.3, -0.25) is 0 Å². The van der Waals surface area contributed by atoms with Crippen LogP contribution in [0.3, 0.4) is 0 Å². The lowest BCUT2D eigenvalue weighted by Crippen LogP contribution is -2.07. The minimum absolute atomic E-state index is 0.657. The van der Waals surface area contributed by atoms with Crippen molar-refractivity contribution in [2.75, 3.05) is 0 Å². The molecule has 2 aliphatic carbocycles. The van der Waals surface area contributed by atoms with E-state index in [2.05, 4.69) is 16.7 Å². The van der Waals surface area contributed by atoms with Crippen LogP contribution < -0.4 is 0 Å². The summed E-state index contributed by atoms with van der Waals surface area (Å²) in [5, 5.41) is 9.04. The number of nitriles is 1. The number of imidazole rings is 1. The Kier molecular flexibility index (Phi) is 2.77. The molecule has 2 aliphatic rings. The zero-order valence-electron chi connectivity index (χ0n) is 11.7. The molecule has 0 atom stereocenters. The van der Waals surface area contributed by atoms with E-state index in [1.165, 1.54) is 49.9 Å². The normalized spacial score (nSPS) is 19.6. The van der Waals surface area contributed by atoms with Gasteiger partial charge in [0.2, 0.25) is 0 Å². The Morgan fingerprint density at radius 3 is 2.70 bits per heavy atom. The zero-order valence-corrected chi connectivity index (χ0v) is 11.7. The summed E-state index contributed by atoms with van der Waals surface area (Å²) in [4.78, 5) is 4.86. The predicted octanol–water partition coefficient (Wildman–Crippen LogP) is 3.98. The molecule has 102 valence electrons. The molecule has 0 N–H and O–H groups in total. The first kappa shape index (κ1) is 12.0. The van der Waals surface area contributed by atoms with Crippen LogP contribution in [0.15, 0.2) is 18.2 Å². The van der Waals surface area contributed by atoms with E-state index in [0.29, 0.717) is 11.6 Å². The summed E-state index contributed by atoms with van der Waals surface area (Å²) in [5.41, 5.74) is 2.94. The van der Waals surface area contributed by atoms with Gasteiger partial charge in [0.05, 0.1) is 22.7 Å². The third kappa shape index (κ3) is 2.00. The van der Waals surface area contributed by atoms with E-state index in [4.69, 9.17) is 10.2 Å². The number of aromatic nitrogens is 2. The van der Waals surface area contributed by atoms with Crippen LogP contribution in [0.2, 0.25) is 0 Å². The molecule has 2 aromatic rings. The minimum atomic E-state index is 0.657. The second kappa shape index (κ2) is 4.63. The van der Waals surface area contributed by atoms with Gasteiger partial charge in [-0.25, -0.2) is 4.98 Å². The van der Waals surface area contributed by atoms with Crippen molar-refractivity contribution in [3.63, 3.8) is 0 Å². The molecule has 0 unspecified atom stereocenters. The second-order valence-corrected chi connectivity index (χ2v) is 6.30. The summed E-state index contributed by atoms with van der Waals surface area (Å²) in [5.74, 6) is 2.07. The summed E-state index contributed by atoms with van der Waals surface area (Å²) in [6.07, 6.45) is 9.16. The number of benzene rings is 1. The van der Waals surface area contributed by atoms with E-state index in [9.17, 15) is 0 Å². The van der Waals surface area contributed by atoms with Gasteiger partial charge in [0.15, 0.2) is 0 Å². The topological polar surface area (TPSA) is 41.6 Å². The van der Waals surface area contributed by atoms with Gasteiger partial charge in [0.25, 0.3) is 0 Å². The van der Waals surface area contributed by atoms with Gasteiger partial charge in [-0.1, -0.05) is 25.7 Å². The van der Waals surface area contributed by atoms with Crippen LogP contribution in [0.4, 0.5) is 0 Å². The molecule has 0 aliphatic heterocycles. The van der Waals surface area contributed by atoms with Crippen molar-refractivity contribution in [3.05, 3.63) is 29.6 Å². The Hall–Kier alpha value is -1.82. The Morgan fingerprint density at radius 2 is 2.00 bits per heavy atom. The van der Waals surface area contributed by atoms with Crippen molar-refractivity contribution >= 4 is 11.0 Å². The lowest BCUT2D eigenvalue weighted by molar-refractivity contribution is 0.513. The molecule has 1 heterocycles. The average Bonchev–Trinajstić information content (AvgIpc) is 3.05. The molecule has 0 amide bonds. The summed E-state index contributed by atoms with van der Waals surface area (Å²) in [7, 11) is 0. The lowest BCUT2D eigenvalue weighted by Gasteiger charge is -2.11.